The average Bonchev–Trinajstić information content (AvgIpc) is 3.08. The maximum atomic E-state index is 6.33. The highest BCUT2D eigenvalue weighted by Crippen LogP contribution is 2.29. The van der Waals surface area contributed by atoms with Crippen molar-refractivity contribution < 1.29 is 0 Å². The third-order valence-electron chi connectivity index (χ3n) is 3.67. The number of aryl methyl sites for hydroxylation is 2. The van der Waals surface area contributed by atoms with Gasteiger partial charge in [0.1, 0.15) is 11.3 Å². The van der Waals surface area contributed by atoms with Crippen LogP contribution in [0.3, 0.4) is 0 Å². The first-order valence-corrected chi connectivity index (χ1v) is 7.45. The van der Waals surface area contributed by atoms with Crippen LogP contribution in [0.5, 0.6) is 0 Å². The molecule has 0 aromatic carbocycles. The van der Waals surface area contributed by atoms with E-state index in [2.05, 4.69) is 21.7 Å². The molecule has 0 amide bonds. The largest absolute Gasteiger partial charge is 0.307 e. The molecule has 6 nitrogen and oxygen atoms in total. The molecule has 0 saturated heterocycles. The van der Waals surface area contributed by atoms with Crippen LogP contribution in [-0.4, -0.2) is 29.1 Å². The maximum Gasteiger partial charge on any atom is 0.159 e. The summed E-state index contributed by atoms with van der Waals surface area (Å²) < 4.78 is 5.97. The topological polar surface area (TPSA) is 53.5 Å². The van der Waals surface area contributed by atoms with Gasteiger partial charge in [-0.25, -0.2) is 4.98 Å². The number of hydrogen-bond acceptors (Lipinski definition) is 3. The smallest absolute Gasteiger partial charge is 0.159 e. The molecule has 3 aromatic rings. The zero-order valence-electron chi connectivity index (χ0n) is 12.7. The van der Waals surface area contributed by atoms with Crippen LogP contribution in [0.15, 0.2) is 18.5 Å². The summed E-state index contributed by atoms with van der Waals surface area (Å²) in [5.74, 6) is 0.877. The number of hydrogen-bond donors (Lipinski definition) is 0. The second-order valence-electron chi connectivity index (χ2n) is 5.41. The van der Waals surface area contributed by atoms with Crippen LogP contribution in [0, 0.1) is 6.92 Å². The summed E-state index contributed by atoms with van der Waals surface area (Å²) in [7, 11) is 1.94. The van der Waals surface area contributed by atoms with E-state index in [9.17, 15) is 0 Å². The molecular formula is C14H19ClN6. The molecular weight excluding hydrogens is 288 g/mol. The lowest BCUT2D eigenvalue weighted by Crippen LogP contribution is -2.17. The Hall–Kier alpha value is -1.82. The second-order valence-corrected chi connectivity index (χ2v) is 6.07. The third-order valence-corrected chi connectivity index (χ3v) is 3.86. The monoisotopic (exact) mass is 306 g/mol. The average molecular weight is 307 g/mol. The quantitative estimate of drug-likeness (QED) is 0.696. The Balaban J connectivity index is 2.12. The van der Waals surface area contributed by atoms with Crippen LogP contribution < -0.4 is 0 Å². The van der Waals surface area contributed by atoms with E-state index in [4.69, 9.17) is 16.6 Å². The first kappa shape index (κ1) is 14.1. The molecule has 21 heavy (non-hydrogen) atoms. The number of imidazole rings is 1. The molecule has 2 unspecified atom stereocenters. The molecule has 3 heterocycles. The Bertz CT molecular complexity index is 752. The van der Waals surface area contributed by atoms with Crippen LogP contribution in [0.25, 0.3) is 11.2 Å². The summed E-state index contributed by atoms with van der Waals surface area (Å²) in [4.78, 5) is 4.70. The molecule has 0 N–H and O–H groups in total. The highest BCUT2D eigenvalue weighted by atomic mass is 35.5. The van der Waals surface area contributed by atoms with E-state index in [0.717, 1.165) is 29.2 Å². The van der Waals surface area contributed by atoms with Crippen LogP contribution in [-0.2, 0) is 13.6 Å². The zero-order valence-corrected chi connectivity index (χ0v) is 13.4. The van der Waals surface area contributed by atoms with Gasteiger partial charge in [0.15, 0.2) is 5.65 Å². The molecule has 7 heteroatoms. The van der Waals surface area contributed by atoms with E-state index in [-0.39, 0.29) is 11.4 Å². The molecule has 0 aliphatic heterocycles. The Kier molecular flexibility index (Phi) is 3.49. The van der Waals surface area contributed by atoms with E-state index in [1.165, 1.54) is 0 Å². The lowest BCUT2D eigenvalue weighted by atomic mass is 10.3. The fourth-order valence-corrected chi connectivity index (χ4v) is 2.94. The van der Waals surface area contributed by atoms with Crippen LogP contribution >= 0.6 is 11.6 Å². The first-order chi connectivity index (χ1) is 9.99. The zero-order chi connectivity index (χ0) is 15.1. The summed E-state index contributed by atoms with van der Waals surface area (Å²) in [5.41, 5.74) is 2.86. The molecule has 0 radical (unpaired) electrons. The Morgan fingerprint density at radius 3 is 2.71 bits per heavy atom. The number of nitrogens with zero attached hydrogens (tertiary/aromatic N) is 6. The molecule has 0 bridgehead atoms. The van der Waals surface area contributed by atoms with Crippen LogP contribution in [0.4, 0.5) is 0 Å². The van der Waals surface area contributed by atoms with Crippen molar-refractivity contribution in [3.8, 4) is 0 Å². The summed E-state index contributed by atoms with van der Waals surface area (Å²) in [6, 6.07) is 2.11. The van der Waals surface area contributed by atoms with Gasteiger partial charge in [-0.1, -0.05) is 0 Å². The molecule has 3 rings (SSSR count). The van der Waals surface area contributed by atoms with Gasteiger partial charge >= 0.3 is 0 Å². The molecule has 112 valence electrons. The molecule has 0 aliphatic carbocycles. The van der Waals surface area contributed by atoms with Gasteiger partial charge in [-0.3, -0.25) is 9.36 Å². The van der Waals surface area contributed by atoms with Gasteiger partial charge in [-0.15, -0.1) is 11.6 Å². The van der Waals surface area contributed by atoms with Crippen molar-refractivity contribution in [2.24, 2.45) is 7.05 Å². The van der Waals surface area contributed by atoms with Gasteiger partial charge in [0, 0.05) is 19.4 Å². The minimum absolute atomic E-state index is 0.156. The SMILES string of the molecule is Cc1nn(C)c2c1nc(C(C)Cl)n2C(C)Cn1cccn1. The summed E-state index contributed by atoms with van der Waals surface area (Å²) in [6.45, 7) is 6.83. The molecule has 3 aromatic heterocycles. The van der Waals surface area contributed by atoms with Gasteiger partial charge in [0.05, 0.1) is 23.7 Å². The standard InChI is InChI=1S/C14H19ClN6/c1-9(8-20-7-5-6-16-20)21-13(10(2)15)17-12-11(3)18-19(4)14(12)21/h5-7,9-10H,8H2,1-4H3. The van der Waals surface area contributed by atoms with Gasteiger partial charge in [0.2, 0.25) is 0 Å². The second kappa shape index (κ2) is 5.18. The van der Waals surface area contributed by atoms with Gasteiger partial charge in [0.25, 0.3) is 0 Å². The lowest BCUT2D eigenvalue weighted by Gasteiger charge is -2.18. The number of rotatable bonds is 4. The minimum atomic E-state index is -0.156. The number of fused-ring (bicyclic) bond motifs is 1. The van der Waals surface area contributed by atoms with Crippen molar-refractivity contribution in [1.82, 2.24) is 29.1 Å². The number of halogens is 1. The van der Waals surface area contributed by atoms with Crippen molar-refractivity contribution in [3.63, 3.8) is 0 Å². The predicted octanol–water partition coefficient (Wildman–Crippen LogP) is 2.84. The molecule has 0 fully saturated rings. The predicted molar refractivity (Wildman–Crippen MR) is 82.4 cm³/mol. The van der Waals surface area contributed by atoms with Gasteiger partial charge in [-0.2, -0.15) is 10.2 Å². The molecule has 2 atom stereocenters. The van der Waals surface area contributed by atoms with Gasteiger partial charge in [-0.05, 0) is 26.8 Å². The Morgan fingerprint density at radius 1 is 1.33 bits per heavy atom. The van der Waals surface area contributed by atoms with Gasteiger partial charge < -0.3 is 4.57 Å². The van der Waals surface area contributed by atoms with E-state index >= 15 is 0 Å². The third kappa shape index (κ3) is 2.33. The van der Waals surface area contributed by atoms with Crippen LogP contribution in [0.2, 0.25) is 0 Å². The van der Waals surface area contributed by atoms with E-state index in [1.807, 2.05) is 42.5 Å². The van der Waals surface area contributed by atoms with E-state index in [1.54, 1.807) is 6.20 Å². The molecule has 0 spiro atoms. The fourth-order valence-electron chi connectivity index (χ4n) is 2.79. The summed E-state index contributed by atoms with van der Waals surface area (Å²) in [6.07, 6.45) is 3.75. The number of alkyl halides is 1. The van der Waals surface area contributed by atoms with Crippen molar-refractivity contribution in [2.75, 3.05) is 0 Å². The van der Waals surface area contributed by atoms with E-state index < -0.39 is 0 Å². The van der Waals surface area contributed by atoms with Crippen LogP contribution in [0.1, 0.15) is 36.8 Å². The lowest BCUT2D eigenvalue weighted by molar-refractivity contribution is 0.429. The first-order valence-electron chi connectivity index (χ1n) is 7.02. The maximum absolute atomic E-state index is 6.33. The highest BCUT2D eigenvalue weighted by Gasteiger charge is 2.23. The summed E-state index contributed by atoms with van der Waals surface area (Å²) in [5, 5.41) is 8.58. The molecule has 0 saturated carbocycles. The minimum Gasteiger partial charge on any atom is -0.307 e. The van der Waals surface area contributed by atoms with Crippen molar-refractivity contribution in [1.29, 1.82) is 0 Å². The van der Waals surface area contributed by atoms with Crippen molar-refractivity contribution >= 4 is 22.8 Å². The Morgan fingerprint density at radius 2 is 2.10 bits per heavy atom. The summed E-state index contributed by atoms with van der Waals surface area (Å²) >= 11 is 6.33. The Labute approximate surface area is 128 Å². The highest BCUT2D eigenvalue weighted by molar-refractivity contribution is 6.20. The normalized spacial score (nSPS) is 14.7. The fraction of sp³-hybridized carbons (Fsp3) is 0.500. The van der Waals surface area contributed by atoms with Crippen molar-refractivity contribution in [2.45, 2.75) is 38.7 Å². The van der Waals surface area contributed by atoms with E-state index in [0.29, 0.717) is 0 Å². The number of aromatic nitrogens is 6. The molecule has 0 aliphatic rings. The van der Waals surface area contributed by atoms with Crippen molar-refractivity contribution in [3.05, 3.63) is 30.0 Å².